The largest absolute Gasteiger partial charge is 0.496 e. The molecule has 0 spiro atoms. The number of aromatic carboxylic acids is 1. The fourth-order valence-corrected chi connectivity index (χ4v) is 3.17. The summed E-state index contributed by atoms with van der Waals surface area (Å²) in [5.41, 5.74) is 0.537. The quantitative estimate of drug-likeness (QED) is 0.474. The second-order valence-corrected chi connectivity index (χ2v) is 6.52. The maximum Gasteiger partial charge on any atom is 0.353 e. The Bertz CT molecular complexity index is 1030. The van der Waals surface area contributed by atoms with Crippen molar-refractivity contribution in [3.8, 4) is 17.2 Å². The van der Waals surface area contributed by atoms with E-state index < -0.39 is 18.0 Å². The Morgan fingerprint density at radius 2 is 1.55 bits per heavy atom. The highest BCUT2D eigenvalue weighted by Crippen LogP contribution is 2.37. The molecule has 0 bridgehead atoms. The highest BCUT2D eigenvalue weighted by atomic mass is 16.5. The van der Waals surface area contributed by atoms with E-state index in [4.69, 9.17) is 14.2 Å². The van der Waals surface area contributed by atoms with Crippen molar-refractivity contribution in [2.45, 2.75) is 6.92 Å². The van der Waals surface area contributed by atoms with E-state index >= 15 is 0 Å². The van der Waals surface area contributed by atoms with Crippen LogP contribution in [-0.2, 0) is 0 Å². The number of rotatable bonds is 8. The SMILES string of the molecule is C=NN(C(=O)N(C)c1c(OC)cccc1OC)C(=O)N(CC)c1ccc(C(=O)O)c(OC)c1. The molecule has 11 nitrogen and oxygen atoms in total. The normalized spacial score (nSPS) is 10.1. The lowest BCUT2D eigenvalue weighted by atomic mass is 10.1. The smallest absolute Gasteiger partial charge is 0.353 e. The highest BCUT2D eigenvalue weighted by Gasteiger charge is 2.32. The number of hydrogen-bond donors (Lipinski definition) is 1. The lowest BCUT2D eigenvalue weighted by Crippen LogP contribution is -2.48. The first-order valence-electron chi connectivity index (χ1n) is 9.73. The molecule has 0 saturated heterocycles. The summed E-state index contributed by atoms with van der Waals surface area (Å²) in [5, 5.41) is 13.5. The minimum absolute atomic E-state index is 0.0616. The molecule has 0 aromatic heterocycles. The maximum atomic E-state index is 13.3. The van der Waals surface area contributed by atoms with Crippen molar-refractivity contribution >= 4 is 36.1 Å². The molecule has 0 unspecified atom stereocenters. The molecule has 0 aliphatic heterocycles. The number of carbonyl (C=O) groups excluding carboxylic acids is 2. The van der Waals surface area contributed by atoms with Gasteiger partial charge in [0.25, 0.3) is 0 Å². The van der Waals surface area contributed by atoms with Gasteiger partial charge in [-0.15, -0.1) is 5.01 Å². The summed E-state index contributed by atoms with van der Waals surface area (Å²) in [6.07, 6.45) is 0. The zero-order valence-electron chi connectivity index (χ0n) is 19.1. The van der Waals surface area contributed by atoms with Crippen LogP contribution in [0.1, 0.15) is 17.3 Å². The number of hydrazone groups is 1. The number of urea groups is 2. The fraction of sp³-hybridized carbons (Fsp3) is 0.273. The number of methoxy groups -OCH3 is 3. The molecule has 0 radical (unpaired) electrons. The Labute approximate surface area is 191 Å². The molecule has 0 aliphatic carbocycles. The monoisotopic (exact) mass is 458 g/mol. The number of hydrogen-bond acceptors (Lipinski definition) is 7. The summed E-state index contributed by atoms with van der Waals surface area (Å²) < 4.78 is 15.8. The Hall–Kier alpha value is -4.28. The van der Waals surface area contributed by atoms with Gasteiger partial charge in [-0.25, -0.2) is 14.4 Å². The van der Waals surface area contributed by atoms with Gasteiger partial charge >= 0.3 is 18.0 Å². The van der Waals surface area contributed by atoms with Gasteiger partial charge in [0.1, 0.15) is 28.5 Å². The lowest BCUT2D eigenvalue weighted by molar-refractivity contribution is 0.0693. The average Bonchev–Trinajstić information content (AvgIpc) is 2.83. The number of carboxylic acids is 1. The molecule has 0 saturated carbocycles. The van der Waals surface area contributed by atoms with Crippen LogP contribution in [0, 0.1) is 0 Å². The third kappa shape index (κ3) is 4.97. The molecule has 4 amide bonds. The van der Waals surface area contributed by atoms with E-state index in [1.165, 1.54) is 51.5 Å². The third-order valence-corrected chi connectivity index (χ3v) is 4.80. The minimum Gasteiger partial charge on any atom is -0.496 e. The standard InChI is InChI=1S/C22H26N4O7/c1-7-25(14-11-12-15(20(27)28)18(13-14)33-6)22(30)26(23-2)21(29)24(3)19-16(31-4)9-8-10-17(19)32-5/h8-13H,2,7H2,1,3-6H3,(H,27,28). The summed E-state index contributed by atoms with van der Waals surface area (Å²) in [4.78, 5) is 40.2. The Morgan fingerprint density at radius 3 is 2.00 bits per heavy atom. The summed E-state index contributed by atoms with van der Waals surface area (Å²) in [5.74, 6) is -0.415. The van der Waals surface area contributed by atoms with Crippen molar-refractivity contribution in [3.63, 3.8) is 0 Å². The van der Waals surface area contributed by atoms with Crippen LogP contribution in [0.3, 0.4) is 0 Å². The molecule has 2 aromatic carbocycles. The van der Waals surface area contributed by atoms with Crippen LogP contribution in [0.5, 0.6) is 17.2 Å². The summed E-state index contributed by atoms with van der Waals surface area (Å²) in [6, 6.07) is 7.50. The van der Waals surface area contributed by atoms with Gasteiger partial charge in [-0.05, 0) is 31.2 Å². The van der Waals surface area contributed by atoms with E-state index in [1.54, 1.807) is 25.1 Å². The van der Waals surface area contributed by atoms with Crippen molar-refractivity contribution in [2.75, 3.05) is 44.7 Å². The van der Waals surface area contributed by atoms with Gasteiger partial charge in [-0.3, -0.25) is 9.80 Å². The number of benzene rings is 2. The van der Waals surface area contributed by atoms with Crippen molar-refractivity contribution in [2.24, 2.45) is 5.10 Å². The second kappa shape index (κ2) is 10.8. The zero-order chi connectivity index (χ0) is 24.7. The van der Waals surface area contributed by atoms with Crippen LogP contribution in [0.4, 0.5) is 21.0 Å². The van der Waals surface area contributed by atoms with E-state index in [0.717, 1.165) is 4.90 Å². The molecule has 0 aliphatic rings. The number of imide groups is 1. The summed E-state index contributed by atoms with van der Waals surface area (Å²) >= 11 is 0. The van der Waals surface area contributed by atoms with Crippen LogP contribution in [0.25, 0.3) is 0 Å². The van der Waals surface area contributed by atoms with Crippen LogP contribution >= 0.6 is 0 Å². The number of para-hydroxylation sites is 1. The van der Waals surface area contributed by atoms with Crippen molar-refractivity contribution in [1.82, 2.24) is 5.01 Å². The number of nitrogens with zero attached hydrogens (tertiary/aromatic N) is 4. The maximum absolute atomic E-state index is 13.3. The summed E-state index contributed by atoms with van der Waals surface area (Å²) in [6.45, 7) is 5.20. The van der Waals surface area contributed by atoms with E-state index in [-0.39, 0.29) is 17.9 Å². The lowest BCUT2D eigenvalue weighted by Gasteiger charge is -2.29. The predicted molar refractivity (Wildman–Crippen MR) is 123 cm³/mol. The first-order valence-corrected chi connectivity index (χ1v) is 9.73. The number of carbonyl (C=O) groups is 3. The van der Waals surface area contributed by atoms with Crippen LogP contribution < -0.4 is 24.0 Å². The molecule has 0 heterocycles. The molecule has 1 N–H and O–H groups in total. The van der Waals surface area contributed by atoms with Gasteiger partial charge in [0.2, 0.25) is 0 Å². The predicted octanol–water partition coefficient (Wildman–Crippen LogP) is 3.53. The third-order valence-electron chi connectivity index (χ3n) is 4.80. The average molecular weight is 458 g/mol. The van der Waals surface area contributed by atoms with Gasteiger partial charge in [0, 0.05) is 32.1 Å². The molecule has 2 rings (SSSR count). The molecule has 11 heteroatoms. The topological polar surface area (TPSA) is 121 Å². The second-order valence-electron chi connectivity index (χ2n) is 6.52. The first kappa shape index (κ1) is 25.0. The van der Waals surface area contributed by atoms with Crippen LogP contribution in [0.2, 0.25) is 0 Å². The van der Waals surface area contributed by atoms with E-state index in [2.05, 4.69) is 11.8 Å². The fourth-order valence-electron chi connectivity index (χ4n) is 3.17. The molecular formula is C22H26N4O7. The first-order chi connectivity index (χ1) is 15.7. The van der Waals surface area contributed by atoms with E-state index in [1.807, 2.05) is 0 Å². The minimum atomic E-state index is -1.18. The number of carboxylic acid groups (broad SMARTS) is 1. The Morgan fingerprint density at radius 1 is 0.970 bits per heavy atom. The number of amides is 4. The summed E-state index contributed by atoms with van der Waals surface area (Å²) in [7, 11) is 5.64. The molecule has 2 aromatic rings. The van der Waals surface area contributed by atoms with E-state index in [9.17, 15) is 19.5 Å². The van der Waals surface area contributed by atoms with Gasteiger partial charge in [-0.1, -0.05) is 6.07 Å². The Balaban J connectivity index is 2.43. The van der Waals surface area contributed by atoms with Crippen molar-refractivity contribution < 1.29 is 33.7 Å². The molecule has 33 heavy (non-hydrogen) atoms. The van der Waals surface area contributed by atoms with Gasteiger partial charge < -0.3 is 19.3 Å². The molecule has 0 atom stereocenters. The van der Waals surface area contributed by atoms with Gasteiger partial charge in [0.05, 0.1) is 21.3 Å². The van der Waals surface area contributed by atoms with Gasteiger partial charge in [0.15, 0.2) is 0 Å². The molecular weight excluding hydrogens is 432 g/mol. The van der Waals surface area contributed by atoms with Crippen LogP contribution in [0.15, 0.2) is 41.5 Å². The molecule has 176 valence electrons. The van der Waals surface area contributed by atoms with Crippen molar-refractivity contribution in [3.05, 3.63) is 42.0 Å². The van der Waals surface area contributed by atoms with Crippen LogP contribution in [-0.4, -0.2) is 69.8 Å². The van der Waals surface area contributed by atoms with E-state index in [0.29, 0.717) is 27.9 Å². The number of anilines is 2. The van der Waals surface area contributed by atoms with Gasteiger partial charge in [-0.2, -0.15) is 5.10 Å². The zero-order valence-corrected chi connectivity index (χ0v) is 19.1. The van der Waals surface area contributed by atoms with Crippen molar-refractivity contribution in [1.29, 1.82) is 0 Å². The Kier molecular flexibility index (Phi) is 8.21. The highest BCUT2D eigenvalue weighted by molar-refractivity contribution is 6.08. The molecule has 0 fully saturated rings. The number of ether oxygens (including phenoxy) is 3.